The molecule has 0 aliphatic carbocycles. The molecule has 1 atom stereocenters. The summed E-state index contributed by atoms with van der Waals surface area (Å²) in [4.78, 5) is 31.1. The van der Waals surface area contributed by atoms with E-state index in [1.165, 1.54) is 28.1 Å². The molecule has 0 unspecified atom stereocenters. The summed E-state index contributed by atoms with van der Waals surface area (Å²) in [6, 6.07) is 22.6. The van der Waals surface area contributed by atoms with Gasteiger partial charge in [-0.05, 0) is 53.6 Å². The van der Waals surface area contributed by atoms with Crippen molar-refractivity contribution in [2.24, 2.45) is 5.10 Å². The predicted molar refractivity (Wildman–Crippen MR) is 150 cm³/mol. The minimum absolute atomic E-state index is 0.178. The van der Waals surface area contributed by atoms with Crippen molar-refractivity contribution in [1.82, 2.24) is 14.8 Å². The second-order valence-electron chi connectivity index (χ2n) is 9.84. The molecule has 3 aromatic rings. The monoisotopic (exact) mass is 544 g/mol. The summed E-state index contributed by atoms with van der Waals surface area (Å²) in [5.41, 5.74) is 2.84. The molecule has 0 bridgehead atoms. The zero-order chi connectivity index (χ0) is 27.9. The van der Waals surface area contributed by atoms with Crippen molar-refractivity contribution in [3.8, 4) is 5.75 Å². The summed E-state index contributed by atoms with van der Waals surface area (Å²) in [7, 11) is 1.61. The number of morpholine rings is 1. The Balaban J connectivity index is 1.40. The average molecular weight is 545 g/mol. The summed E-state index contributed by atoms with van der Waals surface area (Å²) in [5.74, 6) is -0.454. The SMILES string of the molecule is COc1ccc(C2=NN(C(=O)CN(CCN3CCOCC3)C(=O)c3cccc(F)c3)[C@H](c3ccccc3)C2)cc1. The molecule has 5 rings (SSSR count). The number of carbonyl (C=O) groups excluding carboxylic acids is 2. The highest BCUT2D eigenvalue weighted by Gasteiger charge is 2.34. The first-order valence-electron chi connectivity index (χ1n) is 13.5. The third-order valence-electron chi connectivity index (χ3n) is 7.25. The second-order valence-corrected chi connectivity index (χ2v) is 9.84. The van der Waals surface area contributed by atoms with Gasteiger partial charge in [-0.1, -0.05) is 36.4 Å². The lowest BCUT2D eigenvalue weighted by Crippen LogP contribution is -2.46. The molecular weight excluding hydrogens is 511 g/mol. The van der Waals surface area contributed by atoms with Crippen LogP contribution in [0.4, 0.5) is 4.39 Å². The zero-order valence-corrected chi connectivity index (χ0v) is 22.5. The third-order valence-corrected chi connectivity index (χ3v) is 7.25. The van der Waals surface area contributed by atoms with Gasteiger partial charge in [0, 0.05) is 38.2 Å². The number of nitrogens with zero attached hydrogens (tertiary/aromatic N) is 4. The molecule has 3 aromatic carbocycles. The van der Waals surface area contributed by atoms with Crippen LogP contribution in [0.5, 0.6) is 5.75 Å². The summed E-state index contributed by atoms with van der Waals surface area (Å²) in [6.45, 7) is 3.50. The van der Waals surface area contributed by atoms with E-state index >= 15 is 0 Å². The molecule has 0 saturated carbocycles. The van der Waals surface area contributed by atoms with E-state index < -0.39 is 11.7 Å². The molecule has 2 heterocycles. The summed E-state index contributed by atoms with van der Waals surface area (Å²) in [6.07, 6.45) is 0.535. The van der Waals surface area contributed by atoms with Gasteiger partial charge >= 0.3 is 0 Å². The molecule has 40 heavy (non-hydrogen) atoms. The molecule has 0 N–H and O–H groups in total. The van der Waals surface area contributed by atoms with Crippen molar-refractivity contribution < 1.29 is 23.5 Å². The predicted octanol–water partition coefficient (Wildman–Crippen LogP) is 3.99. The maximum Gasteiger partial charge on any atom is 0.262 e. The Morgan fingerprint density at radius 2 is 1.77 bits per heavy atom. The molecular formula is C31H33FN4O4. The Bertz CT molecular complexity index is 1340. The van der Waals surface area contributed by atoms with Crippen LogP contribution in [0.2, 0.25) is 0 Å². The number of hydrazone groups is 1. The van der Waals surface area contributed by atoms with Crippen LogP contribution in [0.1, 0.15) is 33.9 Å². The zero-order valence-electron chi connectivity index (χ0n) is 22.5. The highest BCUT2D eigenvalue weighted by molar-refractivity contribution is 6.03. The molecule has 1 fully saturated rings. The fraction of sp³-hybridized carbons (Fsp3) is 0.323. The number of hydrogen-bond donors (Lipinski definition) is 0. The first kappa shape index (κ1) is 27.5. The third kappa shape index (κ3) is 6.55. The second kappa shape index (κ2) is 12.8. The van der Waals surface area contributed by atoms with E-state index in [4.69, 9.17) is 14.6 Å². The quantitative estimate of drug-likeness (QED) is 0.407. The number of carbonyl (C=O) groups is 2. The molecule has 2 amide bonds. The molecule has 9 heteroatoms. The molecule has 8 nitrogen and oxygen atoms in total. The number of methoxy groups -OCH3 is 1. The smallest absolute Gasteiger partial charge is 0.262 e. The normalized spacial score (nSPS) is 17.4. The Hall–Kier alpha value is -4.08. The van der Waals surface area contributed by atoms with Gasteiger partial charge in [0.15, 0.2) is 0 Å². The maximum atomic E-state index is 14.0. The maximum absolute atomic E-state index is 14.0. The van der Waals surface area contributed by atoms with Crippen LogP contribution in [0.25, 0.3) is 0 Å². The van der Waals surface area contributed by atoms with Crippen LogP contribution in [-0.4, -0.2) is 85.4 Å². The molecule has 0 spiro atoms. The standard InChI is InChI=1S/C31H33FN4O4/c1-39-27-12-10-23(11-13-27)28-21-29(24-6-3-2-4-7-24)36(33-28)30(37)22-35(15-14-34-16-18-40-19-17-34)31(38)25-8-5-9-26(32)20-25/h2-13,20,29H,14-19,21-22H2,1H3/t29-/m0/s1. The van der Waals surface area contributed by atoms with Gasteiger partial charge in [0.25, 0.3) is 11.8 Å². The fourth-order valence-corrected chi connectivity index (χ4v) is 5.01. The Kier molecular flexibility index (Phi) is 8.83. The van der Waals surface area contributed by atoms with E-state index in [0.717, 1.165) is 35.7 Å². The average Bonchev–Trinajstić information content (AvgIpc) is 3.46. The van der Waals surface area contributed by atoms with Crippen LogP contribution in [0, 0.1) is 5.82 Å². The minimum Gasteiger partial charge on any atom is -0.497 e. The van der Waals surface area contributed by atoms with Crippen LogP contribution >= 0.6 is 0 Å². The number of hydrogen-bond acceptors (Lipinski definition) is 6. The molecule has 0 radical (unpaired) electrons. The van der Waals surface area contributed by atoms with Crippen LogP contribution in [0.3, 0.4) is 0 Å². The molecule has 1 saturated heterocycles. The van der Waals surface area contributed by atoms with Gasteiger partial charge in [-0.2, -0.15) is 5.10 Å². The van der Waals surface area contributed by atoms with Crippen molar-refractivity contribution >= 4 is 17.5 Å². The number of halogens is 1. The summed E-state index contributed by atoms with van der Waals surface area (Å²) < 4.78 is 24.7. The number of amides is 2. The van der Waals surface area contributed by atoms with Crippen molar-refractivity contribution in [2.45, 2.75) is 12.5 Å². The molecule has 2 aliphatic heterocycles. The van der Waals surface area contributed by atoms with E-state index in [1.807, 2.05) is 54.6 Å². The highest BCUT2D eigenvalue weighted by atomic mass is 19.1. The summed E-state index contributed by atoms with van der Waals surface area (Å²) >= 11 is 0. The van der Waals surface area contributed by atoms with Crippen molar-refractivity contribution in [3.63, 3.8) is 0 Å². The lowest BCUT2D eigenvalue weighted by Gasteiger charge is -2.31. The Morgan fingerprint density at radius 3 is 2.48 bits per heavy atom. The van der Waals surface area contributed by atoms with Gasteiger partial charge in [0.1, 0.15) is 18.1 Å². The van der Waals surface area contributed by atoms with E-state index in [2.05, 4.69) is 4.90 Å². The first-order chi connectivity index (χ1) is 19.5. The lowest BCUT2D eigenvalue weighted by molar-refractivity contribution is -0.133. The topological polar surface area (TPSA) is 74.7 Å². The number of rotatable bonds is 9. The molecule has 208 valence electrons. The summed E-state index contributed by atoms with van der Waals surface area (Å²) in [5, 5.41) is 6.25. The highest BCUT2D eigenvalue weighted by Crippen LogP contribution is 2.33. The van der Waals surface area contributed by atoms with E-state index in [-0.39, 0.29) is 24.1 Å². The molecule has 2 aliphatic rings. The van der Waals surface area contributed by atoms with Crippen LogP contribution in [0.15, 0.2) is 84.0 Å². The van der Waals surface area contributed by atoms with Gasteiger partial charge in [0.05, 0.1) is 32.1 Å². The Labute approximate surface area is 233 Å². The largest absolute Gasteiger partial charge is 0.497 e. The van der Waals surface area contributed by atoms with Gasteiger partial charge in [-0.3, -0.25) is 14.5 Å². The molecule has 0 aromatic heterocycles. The first-order valence-corrected chi connectivity index (χ1v) is 13.5. The minimum atomic E-state index is -0.497. The van der Waals surface area contributed by atoms with E-state index in [0.29, 0.717) is 32.7 Å². The van der Waals surface area contributed by atoms with Crippen molar-refractivity contribution in [3.05, 3.63) is 101 Å². The van der Waals surface area contributed by atoms with Gasteiger partial charge in [-0.15, -0.1) is 0 Å². The van der Waals surface area contributed by atoms with Crippen LogP contribution < -0.4 is 4.74 Å². The Morgan fingerprint density at radius 1 is 1.02 bits per heavy atom. The van der Waals surface area contributed by atoms with Crippen molar-refractivity contribution in [2.75, 3.05) is 53.0 Å². The van der Waals surface area contributed by atoms with Gasteiger partial charge < -0.3 is 14.4 Å². The number of benzene rings is 3. The number of ether oxygens (including phenoxy) is 2. The van der Waals surface area contributed by atoms with Crippen LogP contribution in [-0.2, 0) is 9.53 Å². The fourth-order valence-electron chi connectivity index (χ4n) is 5.01. The van der Waals surface area contributed by atoms with Gasteiger partial charge in [0.2, 0.25) is 0 Å². The van der Waals surface area contributed by atoms with Gasteiger partial charge in [-0.25, -0.2) is 9.40 Å². The van der Waals surface area contributed by atoms with Crippen molar-refractivity contribution in [1.29, 1.82) is 0 Å². The lowest BCUT2D eigenvalue weighted by atomic mass is 9.98. The van der Waals surface area contributed by atoms with E-state index in [1.54, 1.807) is 13.2 Å². The van der Waals surface area contributed by atoms with E-state index in [9.17, 15) is 14.0 Å².